The number of nitrogens with one attached hydrogen (secondary N) is 1. The normalized spacial score (nSPS) is 11.2. The molecule has 0 unspecified atom stereocenters. The molecule has 1 aromatic heterocycles. The summed E-state index contributed by atoms with van der Waals surface area (Å²) >= 11 is 13.5. The molecule has 0 spiro atoms. The van der Waals surface area contributed by atoms with Gasteiger partial charge < -0.3 is 5.32 Å². The summed E-state index contributed by atoms with van der Waals surface area (Å²) in [6.45, 7) is 2.12. The van der Waals surface area contributed by atoms with Gasteiger partial charge in [0.05, 0.1) is 16.4 Å². The molecule has 3 rings (SSSR count). The number of benzene rings is 2. The van der Waals surface area contributed by atoms with Crippen molar-refractivity contribution in [1.29, 1.82) is 5.26 Å². The third-order valence-electron chi connectivity index (χ3n) is 3.81. The first-order valence-corrected chi connectivity index (χ1v) is 9.61. The Balaban J connectivity index is 1.83. The Bertz CT molecular complexity index is 985. The van der Waals surface area contributed by atoms with Crippen molar-refractivity contribution < 1.29 is 0 Å². The molecule has 6 heteroatoms. The quantitative estimate of drug-likeness (QED) is 0.488. The maximum Gasteiger partial charge on any atom is 0.136 e. The second-order valence-electron chi connectivity index (χ2n) is 5.53. The fraction of sp³-hybridized carbons (Fsp3) is 0.100. The van der Waals surface area contributed by atoms with Crippen molar-refractivity contribution in [3.63, 3.8) is 0 Å². The van der Waals surface area contributed by atoms with E-state index >= 15 is 0 Å². The summed E-state index contributed by atoms with van der Waals surface area (Å²) in [7, 11) is 0. The maximum absolute atomic E-state index is 9.48. The fourth-order valence-electron chi connectivity index (χ4n) is 2.34. The first kappa shape index (κ1) is 18.5. The van der Waals surface area contributed by atoms with Crippen LogP contribution in [0.4, 0.5) is 5.69 Å². The molecule has 26 heavy (non-hydrogen) atoms. The summed E-state index contributed by atoms with van der Waals surface area (Å²) in [5.41, 5.74) is 4.24. The Hall–Kier alpha value is -2.32. The summed E-state index contributed by atoms with van der Waals surface area (Å²) in [5, 5.41) is 16.2. The lowest BCUT2D eigenvalue weighted by molar-refractivity contribution is 1.14. The van der Waals surface area contributed by atoms with Crippen molar-refractivity contribution >= 4 is 45.8 Å². The standard InChI is InChI=1S/C20H15Cl2N3S/c1-2-13-3-5-14(6-4-13)19-12-26-20(25-19)15(10-23)11-24-18-9-16(21)7-8-17(18)22/h3-9,11-12,24H,2H2,1H3/b15-11-. The highest BCUT2D eigenvalue weighted by molar-refractivity contribution is 7.11. The van der Waals surface area contributed by atoms with Crippen molar-refractivity contribution in [1.82, 2.24) is 4.98 Å². The highest BCUT2D eigenvalue weighted by atomic mass is 35.5. The molecular formula is C20H15Cl2N3S. The number of anilines is 1. The topological polar surface area (TPSA) is 48.7 Å². The minimum atomic E-state index is 0.433. The number of thiazole rings is 1. The Labute approximate surface area is 166 Å². The van der Waals surface area contributed by atoms with Gasteiger partial charge in [0.25, 0.3) is 0 Å². The van der Waals surface area contributed by atoms with Gasteiger partial charge in [-0.15, -0.1) is 11.3 Å². The van der Waals surface area contributed by atoms with Crippen molar-refractivity contribution in [2.24, 2.45) is 0 Å². The van der Waals surface area contributed by atoms with Gasteiger partial charge in [-0.1, -0.05) is 54.4 Å². The molecule has 130 valence electrons. The minimum absolute atomic E-state index is 0.433. The van der Waals surface area contributed by atoms with Gasteiger partial charge in [0.1, 0.15) is 16.6 Å². The molecule has 0 aliphatic rings. The van der Waals surface area contributed by atoms with Gasteiger partial charge in [-0.3, -0.25) is 0 Å². The Morgan fingerprint density at radius 2 is 2.00 bits per heavy atom. The number of nitrogens with zero attached hydrogens (tertiary/aromatic N) is 2. The second kappa shape index (κ2) is 8.37. The third kappa shape index (κ3) is 4.25. The van der Waals surface area contributed by atoms with Crippen molar-refractivity contribution in [3.8, 4) is 17.3 Å². The average molecular weight is 400 g/mol. The smallest absolute Gasteiger partial charge is 0.136 e. The van der Waals surface area contributed by atoms with E-state index in [1.54, 1.807) is 24.4 Å². The van der Waals surface area contributed by atoms with Crippen LogP contribution in [0.25, 0.3) is 16.8 Å². The highest BCUT2D eigenvalue weighted by Gasteiger charge is 2.09. The Morgan fingerprint density at radius 1 is 1.23 bits per heavy atom. The van der Waals surface area contributed by atoms with Crippen LogP contribution in [0.15, 0.2) is 54.0 Å². The zero-order chi connectivity index (χ0) is 18.5. The zero-order valence-electron chi connectivity index (χ0n) is 14.0. The minimum Gasteiger partial charge on any atom is -0.359 e. The number of aryl methyl sites for hydroxylation is 1. The van der Waals surface area contributed by atoms with Gasteiger partial charge in [0, 0.05) is 22.2 Å². The zero-order valence-corrected chi connectivity index (χ0v) is 16.3. The Kier molecular flexibility index (Phi) is 5.95. The van der Waals surface area contributed by atoms with Crippen LogP contribution >= 0.6 is 34.5 Å². The summed E-state index contributed by atoms with van der Waals surface area (Å²) in [4.78, 5) is 4.59. The number of hydrogen-bond donors (Lipinski definition) is 1. The van der Waals surface area contributed by atoms with Crippen molar-refractivity contribution in [2.45, 2.75) is 13.3 Å². The van der Waals surface area contributed by atoms with Crippen LogP contribution in [0, 0.1) is 11.3 Å². The van der Waals surface area contributed by atoms with E-state index in [-0.39, 0.29) is 0 Å². The molecule has 0 radical (unpaired) electrons. The van der Waals surface area contributed by atoms with Crippen molar-refractivity contribution in [3.05, 3.63) is 74.7 Å². The molecule has 1 N–H and O–H groups in total. The van der Waals surface area contributed by atoms with Gasteiger partial charge in [0.15, 0.2) is 0 Å². The van der Waals surface area contributed by atoms with Crippen LogP contribution in [0.5, 0.6) is 0 Å². The number of nitriles is 1. The van der Waals surface area contributed by atoms with Gasteiger partial charge in [-0.05, 0) is 30.2 Å². The van der Waals surface area contributed by atoms with Gasteiger partial charge >= 0.3 is 0 Å². The van der Waals surface area contributed by atoms with E-state index in [1.807, 2.05) is 5.38 Å². The van der Waals surface area contributed by atoms with Crippen LogP contribution in [-0.2, 0) is 6.42 Å². The molecule has 0 aliphatic heterocycles. The fourth-order valence-corrected chi connectivity index (χ4v) is 3.48. The summed E-state index contributed by atoms with van der Waals surface area (Å²) in [6.07, 6.45) is 2.60. The summed E-state index contributed by atoms with van der Waals surface area (Å²) in [5.74, 6) is 0. The first-order chi connectivity index (χ1) is 12.6. The molecular weight excluding hydrogens is 385 g/mol. The number of halogens is 2. The van der Waals surface area contributed by atoms with E-state index in [4.69, 9.17) is 23.2 Å². The van der Waals surface area contributed by atoms with Crippen LogP contribution in [0.3, 0.4) is 0 Å². The lowest BCUT2D eigenvalue weighted by atomic mass is 10.1. The van der Waals surface area contributed by atoms with E-state index in [9.17, 15) is 5.26 Å². The second-order valence-corrected chi connectivity index (χ2v) is 7.23. The van der Waals surface area contributed by atoms with Gasteiger partial charge in [-0.25, -0.2) is 4.98 Å². The first-order valence-electron chi connectivity index (χ1n) is 7.97. The van der Waals surface area contributed by atoms with Crippen LogP contribution in [0.1, 0.15) is 17.5 Å². The monoisotopic (exact) mass is 399 g/mol. The van der Waals surface area contributed by atoms with E-state index in [1.165, 1.54) is 16.9 Å². The van der Waals surface area contributed by atoms with E-state index in [0.29, 0.717) is 26.3 Å². The van der Waals surface area contributed by atoms with E-state index < -0.39 is 0 Å². The highest BCUT2D eigenvalue weighted by Crippen LogP contribution is 2.28. The molecule has 3 aromatic rings. The molecule has 0 atom stereocenters. The van der Waals surface area contributed by atoms with Gasteiger partial charge in [-0.2, -0.15) is 5.26 Å². The molecule has 0 saturated heterocycles. The predicted molar refractivity (Wildman–Crippen MR) is 111 cm³/mol. The molecule has 0 fully saturated rings. The van der Waals surface area contributed by atoms with Crippen LogP contribution < -0.4 is 5.32 Å². The average Bonchev–Trinajstić information content (AvgIpc) is 3.15. The Morgan fingerprint density at radius 3 is 2.69 bits per heavy atom. The van der Waals surface area contributed by atoms with Crippen LogP contribution in [0.2, 0.25) is 10.0 Å². The molecule has 0 bridgehead atoms. The van der Waals surface area contributed by atoms with E-state index in [2.05, 4.69) is 47.6 Å². The molecule has 0 saturated carbocycles. The van der Waals surface area contributed by atoms with Crippen LogP contribution in [-0.4, -0.2) is 4.98 Å². The largest absolute Gasteiger partial charge is 0.359 e. The van der Waals surface area contributed by atoms with Crippen molar-refractivity contribution in [2.75, 3.05) is 5.32 Å². The van der Waals surface area contributed by atoms with E-state index in [0.717, 1.165) is 17.7 Å². The SMILES string of the molecule is CCc1ccc(-c2csc(/C(C#N)=C\Nc3cc(Cl)ccc3Cl)n2)cc1. The number of allylic oxidation sites excluding steroid dienone is 1. The summed E-state index contributed by atoms with van der Waals surface area (Å²) < 4.78 is 0. The lowest BCUT2D eigenvalue weighted by Crippen LogP contribution is -1.92. The summed E-state index contributed by atoms with van der Waals surface area (Å²) in [6, 6.07) is 15.6. The maximum atomic E-state index is 9.48. The molecule has 3 nitrogen and oxygen atoms in total. The molecule has 0 amide bonds. The molecule has 2 aromatic carbocycles. The molecule has 0 aliphatic carbocycles. The number of aromatic nitrogens is 1. The molecule has 1 heterocycles. The third-order valence-corrected chi connectivity index (χ3v) is 5.25. The number of rotatable bonds is 5. The lowest BCUT2D eigenvalue weighted by Gasteiger charge is -2.04. The number of hydrogen-bond acceptors (Lipinski definition) is 4. The predicted octanol–water partition coefficient (Wildman–Crippen LogP) is 6.66. The van der Waals surface area contributed by atoms with Gasteiger partial charge in [0.2, 0.25) is 0 Å².